The van der Waals surface area contributed by atoms with Crippen molar-refractivity contribution in [1.29, 1.82) is 0 Å². The largest absolute Gasteiger partial charge is 0.507 e. The number of amides is 1. The Morgan fingerprint density at radius 2 is 1.88 bits per heavy atom. The van der Waals surface area contributed by atoms with E-state index in [0.717, 1.165) is 5.56 Å². The van der Waals surface area contributed by atoms with Gasteiger partial charge in [-0.05, 0) is 61.4 Å². The van der Waals surface area contributed by atoms with Gasteiger partial charge in [0, 0.05) is 28.7 Å². The van der Waals surface area contributed by atoms with Gasteiger partial charge in [0.25, 0.3) is 11.7 Å². The molecule has 0 bridgehead atoms. The molecule has 1 aliphatic rings. The molecule has 162 valence electrons. The number of anilines is 1. The third-order valence-electron chi connectivity index (χ3n) is 5.32. The number of aromatic nitrogens is 1. The van der Waals surface area contributed by atoms with Crippen LogP contribution in [0.2, 0.25) is 5.02 Å². The summed E-state index contributed by atoms with van der Waals surface area (Å²) < 4.78 is 5.52. The molecule has 1 N–H and O–H groups in total. The molecule has 1 saturated heterocycles. The summed E-state index contributed by atoms with van der Waals surface area (Å²) in [6, 6.07) is 14.5. The normalized spacial score (nSPS) is 17.6. The summed E-state index contributed by atoms with van der Waals surface area (Å²) in [5, 5.41) is 11.6. The summed E-state index contributed by atoms with van der Waals surface area (Å²) >= 11 is 6.21. The van der Waals surface area contributed by atoms with E-state index in [4.69, 9.17) is 16.3 Å². The average Bonchev–Trinajstić information content (AvgIpc) is 3.06. The minimum Gasteiger partial charge on any atom is -0.507 e. The minimum absolute atomic E-state index is 0.00535. The number of carbonyl (C=O) groups excluding carboxylic acids is 2. The highest BCUT2D eigenvalue weighted by molar-refractivity contribution is 6.52. The molecule has 1 aromatic heterocycles. The lowest BCUT2D eigenvalue weighted by Crippen LogP contribution is -2.30. The minimum atomic E-state index is -0.842. The Kier molecular flexibility index (Phi) is 5.97. The van der Waals surface area contributed by atoms with Crippen molar-refractivity contribution in [3.8, 4) is 5.75 Å². The molecule has 1 unspecified atom stereocenters. The molecule has 6 nitrogen and oxygen atoms in total. The molecule has 0 radical (unpaired) electrons. The van der Waals surface area contributed by atoms with Crippen molar-refractivity contribution in [2.24, 2.45) is 0 Å². The lowest BCUT2D eigenvalue weighted by molar-refractivity contribution is -0.132. The molecule has 1 atom stereocenters. The summed E-state index contributed by atoms with van der Waals surface area (Å²) in [5.41, 5.74) is 2.29. The molecule has 3 aromatic rings. The predicted octanol–water partition coefficient (Wildman–Crippen LogP) is 5.07. The Morgan fingerprint density at radius 1 is 1.12 bits per heavy atom. The SMILES string of the molecule is CCOc1cccc(/C(O)=C2\C(=O)C(=O)N(c3cc(Cl)ccc3C)C2c2ccncc2)c1. The number of halogens is 1. The van der Waals surface area contributed by atoms with Gasteiger partial charge in [0.1, 0.15) is 11.5 Å². The van der Waals surface area contributed by atoms with Crippen LogP contribution in [-0.4, -0.2) is 28.4 Å². The summed E-state index contributed by atoms with van der Waals surface area (Å²) in [4.78, 5) is 31.8. The molecule has 32 heavy (non-hydrogen) atoms. The number of benzene rings is 2. The maximum Gasteiger partial charge on any atom is 0.300 e. The number of aryl methyl sites for hydroxylation is 1. The van der Waals surface area contributed by atoms with Crippen molar-refractivity contribution in [1.82, 2.24) is 4.98 Å². The van der Waals surface area contributed by atoms with E-state index in [9.17, 15) is 14.7 Å². The van der Waals surface area contributed by atoms with Crippen molar-refractivity contribution in [2.45, 2.75) is 19.9 Å². The Labute approximate surface area is 190 Å². The van der Waals surface area contributed by atoms with E-state index >= 15 is 0 Å². The van der Waals surface area contributed by atoms with Crippen LogP contribution in [0.5, 0.6) is 5.75 Å². The third kappa shape index (κ3) is 3.85. The zero-order valence-corrected chi connectivity index (χ0v) is 18.3. The highest BCUT2D eigenvalue weighted by atomic mass is 35.5. The van der Waals surface area contributed by atoms with Crippen LogP contribution in [0.25, 0.3) is 5.76 Å². The zero-order chi connectivity index (χ0) is 22.8. The zero-order valence-electron chi connectivity index (χ0n) is 17.6. The van der Waals surface area contributed by atoms with Crippen LogP contribution < -0.4 is 9.64 Å². The maximum absolute atomic E-state index is 13.2. The van der Waals surface area contributed by atoms with E-state index < -0.39 is 17.7 Å². The van der Waals surface area contributed by atoms with Crippen LogP contribution in [0, 0.1) is 6.92 Å². The lowest BCUT2D eigenvalue weighted by Gasteiger charge is -2.26. The number of ether oxygens (including phenoxy) is 1. The average molecular weight is 449 g/mol. The van der Waals surface area contributed by atoms with E-state index in [0.29, 0.717) is 34.2 Å². The lowest BCUT2D eigenvalue weighted by atomic mass is 9.95. The Morgan fingerprint density at radius 3 is 2.59 bits per heavy atom. The van der Waals surface area contributed by atoms with Gasteiger partial charge in [-0.3, -0.25) is 19.5 Å². The van der Waals surface area contributed by atoms with Gasteiger partial charge in [-0.1, -0.05) is 29.8 Å². The van der Waals surface area contributed by atoms with Gasteiger partial charge < -0.3 is 9.84 Å². The molecule has 0 saturated carbocycles. The van der Waals surface area contributed by atoms with Crippen molar-refractivity contribution in [3.05, 3.63) is 94.3 Å². The molecule has 1 fully saturated rings. The highest BCUT2D eigenvalue weighted by Gasteiger charge is 2.47. The van der Waals surface area contributed by atoms with Gasteiger partial charge in [0.15, 0.2) is 0 Å². The predicted molar refractivity (Wildman–Crippen MR) is 123 cm³/mol. The fraction of sp³-hybridized carbons (Fsp3) is 0.160. The van der Waals surface area contributed by atoms with E-state index in [2.05, 4.69) is 4.98 Å². The number of aliphatic hydroxyl groups is 1. The number of nitrogens with zero attached hydrogens (tertiary/aromatic N) is 2. The van der Waals surface area contributed by atoms with Crippen molar-refractivity contribution < 1.29 is 19.4 Å². The van der Waals surface area contributed by atoms with E-state index in [1.165, 1.54) is 4.90 Å². The van der Waals surface area contributed by atoms with Crippen molar-refractivity contribution in [3.63, 3.8) is 0 Å². The Bertz CT molecular complexity index is 1220. The number of rotatable bonds is 5. The molecule has 2 aromatic carbocycles. The number of ketones is 1. The number of hydrogen-bond donors (Lipinski definition) is 1. The summed E-state index contributed by atoms with van der Waals surface area (Å²) in [5.74, 6) is -1.23. The number of aliphatic hydroxyl groups excluding tert-OH is 1. The van der Waals surface area contributed by atoms with E-state index in [1.54, 1.807) is 67.0 Å². The van der Waals surface area contributed by atoms with E-state index in [1.807, 2.05) is 13.8 Å². The first-order chi connectivity index (χ1) is 15.4. The van der Waals surface area contributed by atoms with Crippen LogP contribution in [-0.2, 0) is 9.59 Å². The highest BCUT2D eigenvalue weighted by Crippen LogP contribution is 2.43. The standard InChI is InChI=1S/C25H21ClN2O4/c1-3-32-19-6-4-5-17(13-19)23(29)21-22(16-9-11-27-12-10-16)28(25(31)24(21)30)20-14-18(26)8-7-15(20)2/h4-14,22,29H,3H2,1-2H3/b23-21+. The van der Waals surface area contributed by atoms with Crippen molar-refractivity contribution in [2.75, 3.05) is 11.5 Å². The van der Waals surface area contributed by atoms with Gasteiger partial charge in [-0.15, -0.1) is 0 Å². The topological polar surface area (TPSA) is 79.7 Å². The van der Waals surface area contributed by atoms with Crippen molar-refractivity contribution >= 4 is 34.7 Å². The molecule has 4 rings (SSSR count). The first-order valence-corrected chi connectivity index (χ1v) is 10.5. The second-order valence-electron chi connectivity index (χ2n) is 7.34. The molecular formula is C25H21ClN2O4. The number of carbonyl (C=O) groups is 2. The molecule has 7 heteroatoms. The molecule has 1 amide bonds. The second-order valence-corrected chi connectivity index (χ2v) is 7.78. The van der Waals surface area contributed by atoms with Crippen LogP contribution in [0.4, 0.5) is 5.69 Å². The third-order valence-corrected chi connectivity index (χ3v) is 5.55. The summed E-state index contributed by atoms with van der Waals surface area (Å²) in [6.45, 7) is 4.15. The van der Waals surface area contributed by atoms with Crippen LogP contribution in [0.15, 0.2) is 72.6 Å². The molecule has 1 aliphatic heterocycles. The molecular weight excluding hydrogens is 428 g/mol. The van der Waals surface area contributed by atoms with Gasteiger partial charge in [0.2, 0.25) is 0 Å². The van der Waals surface area contributed by atoms with Crippen LogP contribution in [0.1, 0.15) is 29.7 Å². The number of Topliss-reactive ketones (excluding diaryl/α,β-unsaturated/α-hetero) is 1. The smallest absolute Gasteiger partial charge is 0.300 e. The van der Waals surface area contributed by atoms with Crippen LogP contribution >= 0.6 is 11.6 Å². The maximum atomic E-state index is 13.2. The van der Waals surface area contributed by atoms with Gasteiger partial charge in [0.05, 0.1) is 18.2 Å². The molecule has 2 heterocycles. The van der Waals surface area contributed by atoms with Gasteiger partial charge in [-0.2, -0.15) is 0 Å². The van der Waals surface area contributed by atoms with Gasteiger partial charge in [-0.25, -0.2) is 0 Å². The fourth-order valence-electron chi connectivity index (χ4n) is 3.84. The number of hydrogen-bond acceptors (Lipinski definition) is 5. The molecule has 0 aliphatic carbocycles. The Hall–Kier alpha value is -3.64. The first kappa shape index (κ1) is 21.6. The van der Waals surface area contributed by atoms with E-state index in [-0.39, 0.29) is 11.3 Å². The Balaban J connectivity index is 1.94. The summed E-state index contributed by atoms with van der Waals surface area (Å²) in [7, 11) is 0. The van der Waals surface area contributed by atoms with Gasteiger partial charge >= 0.3 is 0 Å². The molecule has 0 spiro atoms. The quantitative estimate of drug-likeness (QED) is 0.335. The monoisotopic (exact) mass is 448 g/mol. The summed E-state index contributed by atoms with van der Waals surface area (Å²) in [6.07, 6.45) is 3.16. The second kappa shape index (κ2) is 8.85. The first-order valence-electron chi connectivity index (χ1n) is 10.1. The number of pyridine rings is 1. The fourth-order valence-corrected chi connectivity index (χ4v) is 4.01. The van der Waals surface area contributed by atoms with Crippen LogP contribution in [0.3, 0.4) is 0 Å².